The number of nitrogens with zero attached hydrogens (tertiary/aromatic N) is 1. The van der Waals surface area contributed by atoms with Crippen LogP contribution in [0.1, 0.15) is 40.0 Å². The highest BCUT2D eigenvalue weighted by molar-refractivity contribution is 5.72. The van der Waals surface area contributed by atoms with Crippen molar-refractivity contribution < 1.29 is 19.4 Å². The number of rotatable bonds is 1. The number of carboxylic acid groups (broad SMARTS) is 1. The van der Waals surface area contributed by atoms with Crippen LogP contribution in [0.3, 0.4) is 0 Å². The molecule has 3 aliphatic rings. The van der Waals surface area contributed by atoms with Gasteiger partial charge in [0.1, 0.15) is 5.60 Å². The van der Waals surface area contributed by atoms with Crippen molar-refractivity contribution >= 4 is 12.1 Å². The fraction of sp³-hybridized carbons (Fsp3) is 0.765. The van der Waals surface area contributed by atoms with E-state index < -0.39 is 11.6 Å². The lowest BCUT2D eigenvalue weighted by molar-refractivity contribution is -0.143. The predicted molar refractivity (Wildman–Crippen MR) is 81.3 cm³/mol. The van der Waals surface area contributed by atoms with Crippen LogP contribution in [-0.4, -0.2) is 40.8 Å². The first kappa shape index (κ1) is 15.4. The molecule has 1 heterocycles. The van der Waals surface area contributed by atoms with Gasteiger partial charge in [0.05, 0.1) is 5.92 Å². The van der Waals surface area contributed by atoms with Gasteiger partial charge in [-0.15, -0.1) is 0 Å². The summed E-state index contributed by atoms with van der Waals surface area (Å²) in [5.41, 5.74) is -0.421. The molecule has 3 unspecified atom stereocenters. The first-order valence-corrected chi connectivity index (χ1v) is 8.12. The lowest BCUT2D eigenvalue weighted by Gasteiger charge is -2.43. The van der Waals surface area contributed by atoms with Crippen LogP contribution in [0, 0.1) is 23.2 Å². The number of carboxylic acids is 1. The summed E-state index contributed by atoms with van der Waals surface area (Å²) in [6.45, 7) is 6.94. The number of likely N-dealkylation sites (tertiary alicyclic amines) is 1. The number of hydrogen-bond acceptors (Lipinski definition) is 3. The normalized spacial score (nSPS) is 32.5. The molecule has 0 aromatic rings. The molecule has 5 nitrogen and oxygen atoms in total. The first-order chi connectivity index (χ1) is 10.2. The van der Waals surface area contributed by atoms with Crippen molar-refractivity contribution in [3.63, 3.8) is 0 Å². The quantitative estimate of drug-likeness (QED) is 0.756. The Kier molecular flexibility index (Phi) is 3.49. The van der Waals surface area contributed by atoms with Crippen LogP contribution in [-0.2, 0) is 9.53 Å². The van der Waals surface area contributed by atoms with Crippen molar-refractivity contribution in [2.45, 2.75) is 45.6 Å². The zero-order valence-electron chi connectivity index (χ0n) is 13.5. The molecule has 3 atom stereocenters. The largest absolute Gasteiger partial charge is 0.481 e. The molecule has 1 amide bonds. The summed E-state index contributed by atoms with van der Waals surface area (Å²) in [6, 6.07) is 0. The summed E-state index contributed by atoms with van der Waals surface area (Å²) >= 11 is 0. The van der Waals surface area contributed by atoms with E-state index in [1.165, 1.54) is 0 Å². The molecular weight excluding hydrogens is 282 g/mol. The summed E-state index contributed by atoms with van der Waals surface area (Å²) in [5.74, 6) is -0.427. The SMILES string of the molecule is CC(C)(C)OC(=O)N1CCC2(CC1)C1C=CC2C(C(=O)O)C1. The topological polar surface area (TPSA) is 66.8 Å². The Labute approximate surface area is 131 Å². The standard InChI is InChI=1S/C17H25NO4/c1-16(2,3)22-15(21)18-8-6-17(7-9-18)11-4-5-13(17)12(10-11)14(19)20/h4-5,11-13H,6-10H2,1-3H3,(H,19,20). The summed E-state index contributed by atoms with van der Waals surface area (Å²) in [7, 11) is 0. The summed E-state index contributed by atoms with van der Waals surface area (Å²) in [6.07, 6.45) is 6.55. The van der Waals surface area contributed by atoms with Crippen LogP contribution < -0.4 is 0 Å². The Hall–Kier alpha value is -1.52. The first-order valence-electron chi connectivity index (χ1n) is 8.12. The minimum Gasteiger partial charge on any atom is -0.481 e. The van der Waals surface area contributed by atoms with E-state index in [-0.39, 0.29) is 23.3 Å². The molecule has 122 valence electrons. The second-order valence-corrected chi connectivity index (χ2v) is 7.90. The van der Waals surface area contributed by atoms with E-state index in [1.807, 2.05) is 20.8 Å². The monoisotopic (exact) mass is 307 g/mol. The lowest BCUT2D eigenvalue weighted by atomic mass is 9.68. The van der Waals surface area contributed by atoms with Gasteiger partial charge in [-0.25, -0.2) is 4.79 Å². The van der Waals surface area contributed by atoms with Crippen molar-refractivity contribution in [1.29, 1.82) is 0 Å². The van der Waals surface area contributed by atoms with Gasteiger partial charge in [-0.1, -0.05) is 12.2 Å². The van der Waals surface area contributed by atoms with E-state index in [9.17, 15) is 14.7 Å². The maximum atomic E-state index is 12.2. The second-order valence-electron chi connectivity index (χ2n) is 7.90. The molecule has 3 rings (SSSR count). The predicted octanol–water partition coefficient (Wildman–Crippen LogP) is 2.91. The van der Waals surface area contributed by atoms with E-state index in [4.69, 9.17) is 4.74 Å². The van der Waals surface area contributed by atoms with Gasteiger partial charge >= 0.3 is 12.1 Å². The maximum Gasteiger partial charge on any atom is 0.410 e. The van der Waals surface area contributed by atoms with Gasteiger partial charge in [-0.2, -0.15) is 0 Å². The zero-order chi connectivity index (χ0) is 16.1. The summed E-state index contributed by atoms with van der Waals surface area (Å²) in [4.78, 5) is 25.4. The van der Waals surface area contributed by atoms with Crippen LogP contribution in [0.15, 0.2) is 12.2 Å². The van der Waals surface area contributed by atoms with Crippen LogP contribution in [0.25, 0.3) is 0 Å². The maximum absolute atomic E-state index is 12.2. The Morgan fingerprint density at radius 2 is 1.86 bits per heavy atom. The van der Waals surface area contributed by atoms with Crippen LogP contribution in [0.2, 0.25) is 0 Å². The molecule has 2 aliphatic carbocycles. The number of piperidine rings is 1. The number of aliphatic carboxylic acids is 1. The Balaban J connectivity index is 1.65. The number of carbonyl (C=O) groups is 2. The smallest absolute Gasteiger partial charge is 0.410 e. The molecular formula is C17H25NO4. The van der Waals surface area contributed by atoms with Crippen molar-refractivity contribution in [1.82, 2.24) is 4.90 Å². The number of carbonyl (C=O) groups excluding carboxylic acids is 1. The highest BCUT2D eigenvalue weighted by Crippen LogP contribution is 2.61. The van der Waals surface area contributed by atoms with Gasteiger partial charge in [0.2, 0.25) is 0 Å². The van der Waals surface area contributed by atoms with Gasteiger partial charge in [0.25, 0.3) is 0 Å². The summed E-state index contributed by atoms with van der Waals surface area (Å²) in [5, 5.41) is 9.40. The van der Waals surface area contributed by atoms with Crippen molar-refractivity contribution in [3.8, 4) is 0 Å². The minimum atomic E-state index is -0.675. The third-order valence-corrected chi connectivity index (χ3v) is 5.56. The molecule has 1 N–H and O–H groups in total. The molecule has 0 aromatic carbocycles. The van der Waals surface area contributed by atoms with Gasteiger partial charge in [-0.3, -0.25) is 4.79 Å². The van der Waals surface area contributed by atoms with Gasteiger partial charge in [0, 0.05) is 13.1 Å². The van der Waals surface area contributed by atoms with E-state index in [0.29, 0.717) is 19.0 Å². The minimum absolute atomic E-state index is 0.0571. The Morgan fingerprint density at radius 1 is 1.23 bits per heavy atom. The highest BCUT2D eigenvalue weighted by Gasteiger charge is 2.58. The van der Waals surface area contributed by atoms with E-state index in [2.05, 4.69) is 12.2 Å². The fourth-order valence-electron chi connectivity index (χ4n) is 4.54. The molecule has 1 saturated heterocycles. The zero-order valence-corrected chi connectivity index (χ0v) is 13.5. The molecule has 1 aliphatic heterocycles. The molecule has 2 fully saturated rings. The average molecular weight is 307 g/mol. The van der Waals surface area contributed by atoms with Crippen molar-refractivity contribution in [2.24, 2.45) is 23.2 Å². The molecule has 2 bridgehead atoms. The molecule has 5 heteroatoms. The number of amides is 1. The number of allylic oxidation sites excluding steroid dienone is 2. The average Bonchev–Trinajstić information content (AvgIpc) is 2.90. The van der Waals surface area contributed by atoms with E-state index in [0.717, 1.165) is 19.3 Å². The van der Waals surface area contributed by atoms with Gasteiger partial charge in [0.15, 0.2) is 0 Å². The van der Waals surface area contributed by atoms with Crippen LogP contribution >= 0.6 is 0 Å². The summed E-state index contributed by atoms with van der Waals surface area (Å²) < 4.78 is 5.43. The highest BCUT2D eigenvalue weighted by atomic mass is 16.6. The number of hydrogen-bond donors (Lipinski definition) is 1. The van der Waals surface area contributed by atoms with Gasteiger partial charge in [-0.05, 0) is 57.3 Å². The van der Waals surface area contributed by atoms with Crippen LogP contribution in [0.5, 0.6) is 0 Å². The molecule has 0 radical (unpaired) electrons. The third kappa shape index (κ3) is 2.40. The lowest BCUT2D eigenvalue weighted by Crippen LogP contribution is -2.47. The van der Waals surface area contributed by atoms with Gasteiger partial charge < -0.3 is 14.7 Å². The molecule has 22 heavy (non-hydrogen) atoms. The third-order valence-electron chi connectivity index (χ3n) is 5.56. The Bertz CT molecular complexity index is 511. The number of ether oxygens (including phenoxy) is 1. The van der Waals surface area contributed by atoms with Crippen LogP contribution in [0.4, 0.5) is 4.79 Å². The fourth-order valence-corrected chi connectivity index (χ4v) is 4.54. The second kappa shape index (κ2) is 5.00. The van der Waals surface area contributed by atoms with E-state index >= 15 is 0 Å². The van der Waals surface area contributed by atoms with Crippen molar-refractivity contribution in [3.05, 3.63) is 12.2 Å². The molecule has 1 spiro atoms. The molecule has 1 saturated carbocycles. The Morgan fingerprint density at radius 3 is 2.36 bits per heavy atom. The van der Waals surface area contributed by atoms with Crippen molar-refractivity contribution in [2.75, 3.05) is 13.1 Å². The molecule has 0 aromatic heterocycles. The van der Waals surface area contributed by atoms with E-state index in [1.54, 1.807) is 4.90 Å².